The minimum absolute atomic E-state index is 0.0408. The zero-order chi connectivity index (χ0) is 22.1. The zero-order valence-electron chi connectivity index (χ0n) is 16.5. The van der Waals surface area contributed by atoms with Crippen molar-refractivity contribution in [3.8, 4) is 11.5 Å². The molecule has 3 rings (SSSR count). The van der Waals surface area contributed by atoms with E-state index in [1.165, 1.54) is 29.3 Å². The van der Waals surface area contributed by atoms with Gasteiger partial charge in [0.25, 0.3) is 5.91 Å². The molecule has 1 heterocycles. The van der Waals surface area contributed by atoms with Crippen LogP contribution in [0.15, 0.2) is 56.4 Å². The number of halogens is 1. The molecule has 8 nitrogen and oxygen atoms in total. The number of methoxy groups -OCH3 is 1. The third-order valence-electron chi connectivity index (χ3n) is 4.32. The Bertz CT molecular complexity index is 1160. The summed E-state index contributed by atoms with van der Waals surface area (Å²) >= 11 is 3.46. The van der Waals surface area contributed by atoms with Crippen molar-refractivity contribution in [3.05, 3.63) is 52.0 Å². The Hall–Kier alpha value is -2.69. The molecule has 0 saturated heterocycles. The molecular formula is C20H20BrN3O5S. The minimum atomic E-state index is -3.81. The van der Waals surface area contributed by atoms with Crippen LogP contribution in [0.4, 0.5) is 5.69 Å². The number of anilines is 1. The summed E-state index contributed by atoms with van der Waals surface area (Å²) < 4.78 is 34.5. The SMILES string of the molecule is CCOc1cc(C=C2C(=O)N(c3ccc(S(N)(=O)=O)cc3)N=C2C)cc(Br)c1OC. The molecule has 0 bridgehead atoms. The summed E-state index contributed by atoms with van der Waals surface area (Å²) in [5, 5.41) is 10.6. The number of benzene rings is 2. The van der Waals surface area contributed by atoms with Crippen LogP contribution < -0.4 is 19.6 Å². The molecule has 0 fully saturated rings. The summed E-state index contributed by atoms with van der Waals surface area (Å²) in [6, 6.07) is 9.23. The number of hydrogen-bond acceptors (Lipinski definition) is 6. The Kier molecular flexibility index (Phi) is 6.30. The number of nitrogens with two attached hydrogens (primary N) is 1. The van der Waals surface area contributed by atoms with E-state index in [4.69, 9.17) is 14.6 Å². The third-order valence-corrected chi connectivity index (χ3v) is 5.84. The summed E-state index contributed by atoms with van der Waals surface area (Å²) in [6.07, 6.45) is 1.71. The fourth-order valence-electron chi connectivity index (χ4n) is 2.94. The monoisotopic (exact) mass is 493 g/mol. The molecule has 1 aliphatic rings. The molecule has 0 aliphatic carbocycles. The Balaban J connectivity index is 1.95. The number of hydrazone groups is 1. The van der Waals surface area contributed by atoms with Crippen LogP contribution >= 0.6 is 15.9 Å². The molecule has 1 amide bonds. The summed E-state index contributed by atoms with van der Waals surface area (Å²) in [6.45, 7) is 4.06. The van der Waals surface area contributed by atoms with Gasteiger partial charge in [0.2, 0.25) is 10.0 Å². The fourth-order valence-corrected chi connectivity index (χ4v) is 4.07. The van der Waals surface area contributed by atoms with E-state index in [0.717, 1.165) is 5.56 Å². The van der Waals surface area contributed by atoms with Gasteiger partial charge in [0.1, 0.15) is 0 Å². The lowest BCUT2D eigenvalue weighted by Crippen LogP contribution is -2.21. The lowest BCUT2D eigenvalue weighted by atomic mass is 10.1. The molecule has 2 aromatic carbocycles. The first kappa shape index (κ1) is 22.0. The number of hydrogen-bond donors (Lipinski definition) is 1. The highest BCUT2D eigenvalue weighted by Gasteiger charge is 2.29. The molecule has 2 N–H and O–H groups in total. The van der Waals surface area contributed by atoms with Crippen LogP contribution in [0.1, 0.15) is 19.4 Å². The molecule has 0 unspecified atom stereocenters. The van der Waals surface area contributed by atoms with E-state index in [2.05, 4.69) is 21.0 Å². The Labute approximate surface area is 183 Å². The molecule has 0 saturated carbocycles. The molecule has 0 atom stereocenters. The van der Waals surface area contributed by atoms with Gasteiger partial charge in [0.05, 0.1) is 40.1 Å². The average molecular weight is 494 g/mol. The van der Waals surface area contributed by atoms with Crippen LogP contribution in [-0.2, 0) is 14.8 Å². The normalized spacial score (nSPS) is 15.5. The van der Waals surface area contributed by atoms with Crippen molar-refractivity contribution >= 4 is 49.3 Å². The van der Waals surface area contributed by atoms with Gasteiger partial charge in [-0.25, -0.2) is 13.6 Å². The first-order valence-corrected chi connectivity index (χ1v) is 11.2. The maximum atomic E-state index is 13.0. The van der Waals surface area contributed by atoms with Crippen molar-refractivity contribution in [1.29, 1.82) is 0 Å². The largest absolute Gasteiger partial charge is 0.492 e. The van der Waals surface area contributed by atoms with E-state index in [1.807, 2.05) is 13.0 Å². The number of primary sulfonamides is 1. The number of carbonyl (C=O) groups is 1. The highest BCUT2D eigenvalue weighted by molar-refractivity contribution is 9.10. The van der Waals surface area contributed by atoms with Crippen LogP contribution in [0.25, 0.3) is 6.08 Å². The molecular weight excluding hydrogens is 474 g/mol. The lowest BCUT2D eigenvalue weighted by molar-refractivity contribution is -0.114. The van der Waals surface area contributed by atoms with Crippen molar-refractivity contribution in [2.45, 2.75) is 18.7 Å². The second-order valence-corrected chi connectivity index (χ2v) is 8.78. The van der Waals surface area contributed by atoms with Gasteiger partial charge in [-0.15, -0.1) is 0 Å². The predicted molar refractivity (Wildman–Crippen MR) is 118 cm³/mol. The number of ether oxygens (including phenoxy) is 2. The Morgan fingerprint density at radius 2 is 1.90 bits per heavy atom. The van der Waals surface area contributed by atoms with E-state index in [9.17, 15) is 13.2 Å². The van der Waals surface area contributed by atoms with Gasteiger partial charge < -0.3 is 9.47 Å². The lowest BCUT2D eigenvalue weighted by Gasteiger charge is -2.13. The van der Waals surface area contributed by atoms with Crippen molar-refractivity contribution in [2.24, 2.45) is 10.2 Å². The molecule has 30 heavy (non-hydrogen) atoms. The quantitative estimate of drug-likeness (QED) is 0.620. The van der Waals surface area contributed by atoms with Gasteiger partial charge >= 0.3 is 0 Å². The van der Waals surface area contributed by atoms with Gasteiger partial charge in [0, 0.05) is 0 Å². The number of carbonyl (C=O) groups excluding carboxylic acids is 1. The first-order valence-electron chi connectivity index (χ1n) is 8.90. The molecule has 158 valence electrons. The Morgan fingerprint density at radius 1 is 1.23 bits per heavy atom. The van der Waals surface area contributed by atoms with Crippen molar-refractivity contribution in [3.63, 3.8) is 0 Å². The molecule has 2 aromatic rings. The summed E-state index contributed by atoms with van der Waals surface area (Å²) in [4.78, 5) is 12.9. The molecule has 0 radical (unpaired) electrons. The maximum absolute atomic E-state index is 13.0. The molecule has 0 spiro atoms. The second-order valence-electron chi connectivity index (χ2n) is 6.37. The van der Waals surface area contributed by atoms with E-state index < -0.39 is 10.0 Å². The van der Waals surface area contributed by atoms with Gasteiger partial charge in [-0.05, 0) is 77.8 Å². The van der Waals surface area contributed by atoms with Crippen molar-refractivity contribution in [1.82, 2.24) is 0 Å². The van der Waals surface area contributed by atoms with Crippen molar-refractivity contribution < 1.29 is 22.7 Å². The van der Waals surface area contributed by atoms with Gasteiger partial charge in [0.15, 0.2) is 11.5 Å². The van der Waals surface area contributed by atoms with Crippen LogP contribution in [0.5, 0.6) is 11.5 Å². The smallest absolute Gasteiger partial charge is 0.280 e. The molecule has 0 aromatic heterocycles. The van der Waals surface area contributed by atoms with Crippen LogP contribution in [0.2, 0.25) is 0 Å². The summed E-state index contributed by atoms with van der Waals surface area (Å²) in [7, 11) is -2.26. The van der Waals surface area contributed by atoms with Crippen molar-refractivity contribution in [2.75, 3.05) is 18.7 Å². The molecule has 10 heteroatoms. The highest BCUT2D eigenvalue weighted by Crippen LogP contribution is 2.37. The second kappa shape index (κ2) is 8.58. The number of rotatable bonds is 6. The van der Waals surface area contributed by atoms with Gasteiger partial charge in [-0.2, -0.15) is 10.1 Å². The minimum Gasteiger partial charge on any atom is -0.492 e. The van der Waals surface area contributed by atoms with E-state index >= 15 is 0 Å². The predicted octanol–water partition coefficient (Wildman–Crippen LogP) is 3.31. The number of sulfonamides is 1. The Morgan fingerprint density at radius 3 is 2.47 bits per heavy atom. The first-order chi connectivity index (χ1) is 14.2. The van der Waals surface area contributed by atoms with Gasteiger partial charge in [-0.3, -0.25) is 4.79 Å². The summed E-state index contributed by atoms with van der Waals surface area (Å²) in [5.41, 5.74) is 2.10. The highest BCUT2D eigenvalue weighted by atomic mass is 79.9. The number of nitrogens with zero attached hydrogens (tertiary/aromatic N) is 2. The van der Waals surface area contributed by atoms with Crippen LogP contribution in [-0.4, -0.2) is 33.8 Å². The number of amides is 1. The standard InChI is InChI=1S/C20H20BrN3O5S/c1-4-29-18-11-13(10-17(21)19(18)28-3)9-16-12(2)23-24(20(16)25)14-5-7-15(8-6-14)30(22,26)27/h5-11H,4H2,1-3H3,(H2,22,26,27). The molecule has 1 aliphatic heterocycles. The van der Waals surface area contributed by atoms with Gasteiger partial charge in [-0.1, -0.05) is 0 Å². The van der Waals surface area contributed by atoms with Crippen LogP contribution in [0.3, 0.4) is 0 Å². The maximum Gasteiger partial charge on any atom is 0.280 e. The fraction of sp³-hybridized carbons (Fsp3) is 0.200. The van der Waals surface area contributed by atoms with E-state index in [-0.39, 0.29) is 10.8 Å². The third kappa shape index (κ3) is 4.40. The van der Waals surface area contributed by atoms with Crippen LogP contribution in [0, 0.1) is 0 Å². The topological polar surface area (TPSA) is 111 Å². The zero-order valence-corrected chi connectivity index (χ0v) is 19.0. The summed E-state index contributed by atoms with van der Waals surface area (Å²) in [5.74, 6) is 0.788. The average Bonchev–Trinajstić information content (AvgIpc) is 2.96. The van der Waals surface area contributed by atoms with E-state index in [1.54, 1.807) is 26.2 Å². The van der Waals surface area contributed by atoms with E-state index in [0.29, 0.717) is 39.6 Å².